The van der Waals surface area contributed by atoms with E-state index in [-0.39, 0.29) is 6.09 Å². The van der Waals surface area contributed by atoms with E-state index in [0.29, 0.717) is 0 Å². The van der Waals surface area contributed by atoms with Crippen LogP contribution in [0, 0.1) is 0 Å². The van der Waals surface area contributed by atoms with Crippen LogP contribution in [0.25, 0.3) is 0 Å². The van der Waals surface area contributed by atoms with Crippen molar-refractivity contribution < 1.29 is 9.53 Å². The molecule has 1 amide bonds. The number of carbonyl (C=O) groups excluding carboxylic acids is 1. The van der Waals surface area contributed by atoms with E-state index in [1.165, 1.54) is 37.2 Å². The summed E-state index contributed by atoms with van der Waals surface area (Å²) in [4.78, 5) is 11.3. The maximum Gasteiger partial charge on any atom is 0.407 e. The quantitative estimate of drug-likeness (QED) is 0.640. The van der Waals surface area contributed by atoms with Gasteiger partial charge in [0.25, 0.3) is 0 Å². The third-order valence-electron chi connectivity index (χ3n) is 2.23. The van der Waals surface area contributed by atoms with Crippen molar-refractivity contribution in [2.75, 3.05) is 18.1 Å². The molecule has 0 aliphatic carbocycles. The Bertz CT molecular complexity index is 214. The van der Waals surface area contributed by atoms with Crippen LogP contribution in [0.2, 0.25) is 0 Å². The van der Waals surface area contributed by atoms with Crippen molar-refractivity contribution >= 4 is 17.9 Å². The predicted molar refractivity (Wildman–Crippen MR) is 80.3 cm³/mol. The van der Waals surface area contributed by atoms with Crippen LogP contribution < -0.4 is 5.32 Å². The van der Waals surface area contributed by atoms with Crippen LogP contribution in [-0.2, 0) is 4.74 Å². The molecule has 0 aromatic rings. The zero-order valence-corrected chi connectivity index (χ0v) is 13.2. The highest BCUT2D eigenvalue weighted by atomic mass is 32.2. The van der Waals surface area contributed by atoms with Crippen LogP contribution in [-0.4, -0.2) is 29.7 Å². The number of rotatable bonds is 9. The molecule has 0 unspecified atom stereocenters. The Hall–Kier alpha value is -0.380. The standard InChI is InChI=1S/C14H29NO2S/c1-5-11-18-12-9-7-6-8-10-15-13(16)17-14(2,3)4/h5-12H2,1-4H3,(H,15,16). The van der Waals surface area contributed by atoms with Crippen LogP contribution in [0.15, 0.2) is 0 Å². The van der Waals surface area contributed by atoms with Crippen LogP contribution in [0.3, 0.4) is 0 Å². The van der Waals surface area contributed by atoms with Crippen molar-refractivity contribution in [3.63, 3.8) is 0 Å². The van der Waals surface area contributed by atoms with Gasteiger partial charge in [0.15, 0.2) is 0 Å². The Balaban J connectivity index is 3.23. The molecule has 1 N–H and O–H groups in total. The van der Waals surface area contributed by atoms with Crippen LogP contribution >= 0.6 is 11.8 Å². The van der Waals surface area contributed by atoms with Crippen molar-refractivity contribution in [1.82, 2.24) is 5.32 Å². The first-order valence-corrected chi connectivity index (χ1v) is 8.16. The van der Waals surface area contributed by atoms with Gasteiger partial charge in [0, 0.05) is 6.54 Å². The number of nitrogens with one attached hydrogen (secondary N) is 1. The van der Waals surface area contributed by atoms with Gasteiger partial charge >= 0.3 is 6.09 Å². The van der Waals surface area contributed by atoms with E-state index in [9.17, 15) is 4.79 Å². The molecule has 108 valence electrons. The lowest BCUT2D eigenvalue weighted by atomic mass is 10.2. The van der Waals surface area contributed by atoms with Crippen molar-refractivity contribution in [3.05, 3.63) is 0 Å². The largest absolute Gasteiger partial charge is 0.444 e. The highest BCUT2D eigenvalue weighted by Crippen LogP contribution is 2.09. The third kappa shape index (κ3) is 13.7. The van der Waals surface area contributed by atoms with E-state index in [0.717, 1.165) is 13.0 Å². The third-order valence-corrected chi connectivity index (χ3v) is 3.51. The Morgan fingerprint density at radius 1 is 1.11 bits per heavy atom. The zero-order valence-electron chi connectivity index (χ0n) is 12.4. The molecular weight excluding hydrogens is 246 g/mol. The van der Waals surface area contributed by atoms with Gasteiger partial charge in [-0.25, -0.2) is 4.79 Å². The van der Waals surface area contributed by atoms with Crippen LogP contribution in [0.1, 0.15) is 59.8 Å². The summed E-state index contributed by atoms with van der Waals surface area (Å²) < 4.78 is 5.16. The first-order valence-electron chi connectivity index (χ1n) is 7.00. The van der Waals surface area contributed by atoms with E-state index in [4.69, 9.17) is 4.74 Å². The maximum atomic E-state index is 11.3. The molecule has 0 saturated heterocycles. The summed E-state index contributed by atoms with van der Waals surface area (Å²) in [6.07, 6.45) is 5.73. The molecule has 0 aromatic carbocycles. The maximum absolute atomic E-state index is 11.3. The summed E-state index contributed by atoms with van der Waals surface area (Å²) in [5.74, 6) is 2.55. The topological polar surface area (TPSA) is 38.3 Å². The molecule has 0 fully saturated rings. The summed E-state index contributed by atoms with van der Waals surface area (Å²) in [7, 11) is 0. The number of carbonyl (C=O) groups is 1. The molecule has 0 spiro atoms. The number of amides is 1. The molecule has 0 aliphatic rings. The molecule has 18 heavy (non-hydrogen) atoms. The minimum Gasteiger partial charge on any atom is -0.444 e. The molecule has 0 aliphatic heterocycles. The second kappa shape index (κ2) is 10.5. The molecule has 0 radical (unpaired) electrons. The highest BCUT2D eigenvalue weighted by molar-refractivity contribution is 7.99. The molecule has 0 saturated carbocycles. The number of alkyl carbamates (subject to hydrolysis) is 1. The molecule has 0 bridgehead atoms. The van der Waals surface area contributed by atoms with Gasteiger partial charge in [-0.3, -0.25) is 0 Å². The van der Waals surface area contributed by atoms with Crippen molar-refractivity contribution in [2.45, 2.75) is 65.4 Å². The summed E-state index contributed by atoms with van der Waals surface area (Å²) in [5, 5.41) is 2.78. The first kappa shape index (κ1) is 17.6. The van der Waals surface area contributed by atoms with E-state index in [2.05, 4.69) is 12.2 Å². The number of hydrogen-bond donors (Lipinski definition) is 1. The second-order valence-corrected chi connectivity index (χ2v) is 6.68. The van der Waals surface area contributed by atoms with Gasteiger partial charge in [0.2, 0.25) is 0 Å². The number of ether oxygens (including phenoxy) is 1. The van der Waals surface area contributed by atoms with Crippen LogP contribution in [0.5, 0.6) is 0 Å². The number of hydrogen-bond acceptors (Lipinski definition) is 3. The van der Waals surface area contributed by atoms with E-state index in [1.807, 2.05) is 32.5 Å². The van der Waals surface area contributed by atoms with Gasteiger partial charge in [-0.15, -0.1) is 0 Å². The smallest absolute Gasteiger partial charge is 0.407 e. The minimum absolute atomic E-state index is 0.305. The first-order chi connectivity index (χ1) is 8.45. The lowest BCUT2D eigenvalue weighted by Gasteiger charge is -2.19. The number of unbranched alkanes of at least 4 members (excludes halogenated alkanes) is 3. The predicted octanol–water partition coefficient (Wildman–Crippen LogP) is 4.21. The second-order valence-electron chi connectivity index (χ2n) is 5.46. The highest BCUT2D eigenvalue weighted by Gasteiger charge is 2.15. The van der Waals surface area contributed by atoms with Gasteiger partial charge in [-0.1, -0.05) is 19.8 Å². The summed E-state index contributed by atoms with van der Waals surface area (Å²) in [6.45, 7) is 8.56. The van der Waals surface area contributed by atoms with E-state index in [1.54, 1.807) is 0 Å². The lowest BCUT2D eigenvalue weighted by Crippen LogP contribution is -2.32. The zero-order chi connectivity index (χ0) is 13.9. The summed E-state index contributed by atoms with van der Waals surface area (Å²) >= 11 is 2.04. The Morgan fingerprint density at radius 3 is 2.39 bits per heavy atom. The van der Waals surface area contributed by atoms with Gasteiger partial charge in [-0.05, 0) is 51.5 Å². The van der Waals surface area contributed by atoms with Crippen molar-refractivity contribution in [1.29, 1.82) is 0 Å². The fourth-order valence-corrected chi connectivity index (χ4v) is 2.33. The van der Waals surface area contributed by atoms with Crippen molar-refractivity contribution in [3.8, 4) is 0 Å². The Kier molecular flexibility index (Phi) is 10.3. The van der Waals surface area contributed by atoms with Gasteiger partial charge in [-0.2, -0.15) is 11.8 Å². The average molecular weight is 275 g/mol. The van der Waals surface area contributed by atoms with E-state index >= 15 is 0 Å². The lowest BCUT2D eigenvalue weighted by molar-refractivity contribution is 0.0527. The van der Waals surface area contributed by atoms with Gasteiger partial charge in [0.05, 0.1) is 0 Å². The Morgan fingerprint density at radius 2 is 1.78 bits per heavy atom. The average Bonchev–Trinajstić information content (AvgIpc) is 2.24. The molecule has 4 heteroatoms. The summed E-state index contributed by atoms with van der Waals surface area (Å²) in [6, 6.07) is 0. The normalized spacial score (nSPS) is 11.3. The van der Waals surface area contributed by atoms with Gasteiger partial charge < -0.3 is 10.1 Å². The van der Waals surface area contributed by atoms with Gasteiger partial charge in [0.1, 0.15) is 5.60 Å². The molecule has 0 heterocycles. The SMILES string of the molecule is CCCSCCCCCCNC(=O)OC(C)(C)C. The molecule has 0 rings (SSSR count). The Labute approximate surface area is 116 Å². The molecular formula is C14H29NO2S. The molecule has 3 nitrogen and oxygen atoms in total. The van der Waals surface area contributed by atoms with E-state index < -0.39 is 5.60 Å². The van der Waals surface area contributed by atoms with Crippen molar-refractivity contribution in [2.24, 2.45) is 0 Å². The summed E-state index contributed by atoms with van der Waals surface area (Å²) in [5.41, 5.74) is -0.402. The number of thioether (sulfide) groups is 1. The fraction of sp³-hybridized carbons (Fsp3) is 0.929. The monoisotopic (exact) mass is 275 g/mol. The molecule has 0 atom stereocenters. The fourth-order valence-electron chi connectivity index (χ4n) is 1.43. The van der Waals surface area contributed by atoms with Crippen LogP contribution in [0.4, 0.5) is 4.79 Å². The molecule has 0 aromatic heterocycles. The minimum atomic E-state index is -0.402.